The summed E-state index contributed by atoms with van der Waals surface area (Å²) in [6.07, 6.45) is 11.9. The van der Waals surface area contributed by atoms with Gasteiger partial charge in [0.1, 0.15) is 0 Å². The smallest absolute Gasteiger partial charge is 0.0580 e. The highest BCUT2D eigenvalue weighted by molar-refractivity contribution is 5.54. The van der Waals surface area contributed by atoms with Crippen molar-refractivity contribution in [3.63, 3.8) is 0 Å². The zero-order chi connectivity index (χ0) is 12.0. The van der Waals surface area contributed by atoms with Crippen LogP contribution in [0.3, 0.4) is 0 Å². The molecule has 0 radical (unpaired) electrons. The molecule has 0 aromatic heterocycles. The van der Waals surface area contributed by atoms with E-state index >= 15 is 0 Å². The Morgan fingerprint density at radius 2 is 2.24 bits per heavy atom. The van der Waals surface area contributed by atoms with Crippen LogP contribution in [0.15, 0.2) is 46.7 Å². The molecular formula is C16H21N. The molecule has 90 valence electrons. The third-order valence-electron chi connectivity index (χ3n) is 4.20. The second-order valence-corrected chi connectivity index (χ2v) is 5.49. The van der Waals surface area contributed by atoms with Gasteiger partial charge in [-0.25, -0.2) is 0 Å². The zero-order valence-electron chi connectivity index (χ0n) is 11.0. The van der Waals surface area contributed by atoms with Gasteiger partial charge in [-0.05, 0) is 49.8 Å². The second kappa shape index (κ2) is 3.90. The summed E-state index contributed by atoms with van der Waals surface area (Å²) in [4.78, 5) is 2.58. The predicted octanol–water partition coefficient (Wildman–Crippen LogP) is 3.82. The zero-order valence-corrected chi connectivity index (χ0v) is 11.0. The number of rotatable bonds is 1. The maximum Gasteiger partial charge on any atom is 0.0580 e. The molecule has 17 heavy (non-hydrogen) atoms. The summed E-state index contributed by atoms with van der Waals surface area (Å²) in [5, 5.41) is 0. The van der Waals surface area contributed by atoms with Gasteiger partial charge >= 0.3 is 0 Å². The first-order valence-corrected chi connectivity index (χ1v) is 6.77. The Morgan fingerprint density at radius 1 is 1.41 bits per heavy atom. The highest BCUT2D eigenvalue weighted by Gasteiger charge is 2.36. The summed E-state index contributed by atoms with van der Waals surface area (Å²) in [7, 11) is 0. The van der Waals surface area contributed by atoms with Gasteiger partial charge in [0.15, 0.2) is 0 Å². The van der Waals surface area contributed by atoms with Crippen molar-refractivity contribution in [1.82, 2.24) is 4.90 Å². The Hall–Kier alpha value is -1.24. The predicted molar refractivity (Wildman–Crippen MR) is 72.6 cm³/mol. The number of hydrogen-bond donors (Lipinski definition) is 0. The third-order valence-corrected chi connectivity index (χ3v) is 4.20. The lowest BCUT2D eigenvalue weighted by Crippen LogP contribution is -2.30. The molecule has 1 heterocycles. The number of allylic oxidation sites excluding steroid dienone is 4. The molecular weight excluding hydrogens is 206 g/mol. The van der Waals surface area contributed by atoms with Gasteiger partial charge in [-0.2, -0.15) is 0 Å². The van der Waals surface area contributed by atoms with E-state index in [0.29, 0.717) is 12.0 Å². The van der Waals surface area contributed by atoms with Crippen LogP contribution < -0.4 is 0 Å². The van der Waals surface area contributed by atoms with E-state index in [2.05, 4.69) is 50.0 Å². The maximum absolute atomic E-state index is 2.58. The minimum Gasteiger partial charge on any atom is -0.364 e. The van der Waals surface area contributed by atoms with Crippen LogP contribution in [0, 0.1) is 5.92 Å². The maximum atomic E-state index is 2.58. The van der Waals surface area contributed by atoms with Gasteiger partial charge in [0, 0.05) is 12.2 Å². The lowest BCUT2D eigenvalue weighted by Gasteiger charge is -2.29. The van der Waals surface area contributed by atoms with Gasteiger partial charge in [-0.1, -0.05) is 30.7 Å². The van der Waals surface area contributed by atoms with Crippen molar-refractivity contribution < 1.29 is 0 Å². The lowest BCUT2D eigenvalue weighted by molar-refractivity contribution is 0.325. The normalized spacial score (nSPS) is 31.1. The minimum atomic E-state index is 0.614. The largest absolute Gasteiger partial charge is 0.364 e. The Kier molecular flexibility index (Phi) is 2.50. The Balaban J connectivity index is 2.06. The molecule has 0 fully saturated rings. The lowest BCUT2D eigenvalue weighted by atomic mass is 9.86. The van der Waals surface area contributed by atoms with Gasteiger partial charge in [0.2, 0.25) is 0 Å². The molecule has 0 amide bonds. The summed E-state index contributed by atoms with van der Waals surface area (Å²) >= 11 is 0. The van der Waals surface area contributed by atoms with Crippen molar-refractivity contribution in [2.24, 2.45) is 5.92 Å². The number of nitrogens with zero attached hydrogens (tertiary/aromatic N) is 1. The van der Waals surface area contributed by atoms with Gasteiger partial charge in [-0.15, -0.1) is 0 Å². The van der Waals surface area contributed by atoms with Crippen LogP contribution >= 0.6 is 0 Å². The first-order chi connectivity index (χ1) is 8.20. The summed E-state index contributed by atoms with van der Waals surface area (Å²) in [6.45, 7) is 7.92. The molecule has 1 nitrogen and oxygen atoms in total. The first kappa shape index (κ1) is 10.9. The highest BCUT2D eigenvalue weighted by atomic mass is 15.2. The van der Waals surface area contributed by atoms with Crippen LogP contribution in [-0.2, 0) is 0 Å². The van der Waals surface area contributed by atoms with Crippen LogP contribution in [0.5, 0.6) is 0 Å². The molecule has 3 aliphatic rings. The van der Waals surface area contributed by atoms with Gasteiger partial charge in [0.25, 0.3) is 0 Å². The monoisotopic (exact) mass is 227 g/mol. The van der Waals surface area contributed by atoms with Crippen LogP contribution in [0.1, 0.15) is 33.6 Å². The highest BCUT2D eigenvalue weighted by Crippen LogP contribution is 2.43. The van der Waals surface area contributed by atoms with Crippen LogP contribution in [-0.4, -0.2) is 17.5 Å². The van der Waals surface area contributed by atoms with E-state index in [4.69, 9.17) is 0 Å². The van der Waals surface area contributed by atoms with Crippen LogP contribution in [0.2, 0.25) is 0 Å². The molecule has 0 N–H and O–H groups in total. The molecule has 0 spiro atoms. The summed E-state index contributed by atoms with van der Waals surface area (Å²) in [5.74, 6) is 0.693. The Labute approximate surface area is 104 Å². The molecule has 1 aliphatic heterocycles. The van der Waals surface area contributed by atoms with E-state index in [1.165, 1.54) is 24.1 Å². The Morgan fingerprint density at radius 3 is 3.00 bits per heavy atom. The van der Waals surface area contributed by atoms with Crippen LogP contribution in [0.25, 0.3) is 0 Å². The molecule has 1 heteroatoms. The first-order valence-electron chi connectivity index (χ1n) is 6.77. The fraction of sp³-hybridized carbons (Fsp3) is 0.500. The number of hydrogen-bond acceptors (Lipinski definition) is 1. The fourth-order valence-electron chi connectivity index (χ4n) is 3.35. The standard InChI is InChI=1S/C16H21N/c1-4-17-15-7-5-11(2)9-13(15)14-10-12(3)6-8-16(14)17/h5-7,10-11,16H,4,8-9H2,1-3H3. The van der Waals surface area contributed by atoms with E-state index < -0.39 is 0 Å². The third kappa shape index (κ3) is 1.60. The van der Waals surface area contributed by atoms with Gasteiger partial charge < -0.3 is 4.90 Å². The van der Waals surface area contributed by atoms with Crippen molar-refractivity contribution in [1.29, 1.82) is 0 Å². The number of likely N-dealkylation sites (N-methyl/N-ethyl adjacent to an activating group) is 1. The molecule has 0 saturated heterocycles. The Bertz CT molecular complexity index is 462. The van der Waals surface area contributed by atoms with Crippen LogP contribution in [0.4, 0.5) is 0 Å². The summed E-state index contributed by atoms with van der Waals surface area (Å²) in [6, 6.07) is 0.614. The van der Waals surface area contributed by atoms with Crippen molar-refractivity contribution in [2.75, 3.05) is 6.54 Å². The number of fused-ring (bicyclic) bond motifs is 2. The van der Waals surface area contributed by atoms with Gasteiger partial charge in [-0.3, -0.25) is 0 Å². The molecule has 0 bridgehead atoms. The molecule has 2 aliphatic carbocycles. The van der Waals surface area contributed by atoms with E-state index in [1.54, 1.807) is 11.1 Å². The molecule has 0 saturated carbocycles. The van der Waals surface area contributed by atoms with E-state index in [-0.39, 0.29) is 0 Å². The van der Waals surface area contributed by atoms with Crippen molar-refractivity contribution in [3.05, 3.63) is 46.7 Å². The molecule has 2 unspecified atom stereocenters. The van der Waals surface area contributed by atoms with Crippen molar-refractivity contribution in [2.45, 2.75) is 39.7 Å². The van der Waals surface area contributed by atoms with Crippen molar-refractivity contribution >= 4 is 0 Å². The van der Waals surface area contributed by atoms with E-state index in [0.717, 1.165) is 6.54 Å². The van der Waals surface area contributed by atoms with Gasteiger partial charge in [0.05, 0.1) is 6.04 Å². The minimum absolute atomic E-state index is 0.614. The summed E-state index contributed by atoms with van der Waals surface area (Å²) in [5.41, 5.74) is 6.13. The van der Waals surface area contributed by atoms with E-state index in [9.17, 15) is 0 Å². The molecule has 0 aromatic rings. The quantitative estimate of drug-likeness (QED) is 0.658. The summed E-state index contributed by atoms with van der Waals surface area (Å²) < 4.78 is 0. The molecule has 2 atom stereocenters. The van der Waals surface area contributed by atoms with Crippen molar-refractivity contribution in [3.8, 4) is 0 Å². The second-order valence-electron chi connectivity index (χ2n) is 5.49. The molecule has 3 rings (SSSR count). The average Bonchev–Trinajstić information content (AvgIpc) is 2.62. The van der Waals surface area contributed by atoms with E-state index in [1.807, 2.05) is 0 Å². The fourth-order valence-corrected chi connectivity index (χ4v) is 3.35. The topological polar surface area (TPSA) is 3.24 Å². The molecule has 0 aromatic carbocycles. The SMILES string of the molecule is CCN1C2=C(CC(C)C=C2)C2=CC(C)=CCC21. The average molecular weight is 227 g/mol.